The minimum absolute atomic E-state index is 0. The normalized spacial score (nSPS) is 22.5. The third-order valence-corrected chi connectivity index (χ3v) is 4.82. The van der Waals surface area contributed by atoms with Gasteiger partial charge in [0.1, 0.15) is 0 Å². The number of sulfone groups is 1. The highest BCUT2D eigenvalue weighted by atomic mass is 35.5. The first-order valence-corrected chi connectivity index (χ1v) is 7.89. The molecule has 108 valence electrons. The fraction of sp³-hybridized carbons (Fsp3) is 0.909. The second kappa shape index (κ2) is 6.73. The molecule has 0 aromatic heterocycles. The van der Waals surface area contributed by atoms with Crippen molar-refractivity contribution in [2.24, 2.45) is 5.73 Å². The van der Waals surface area contributed by atoms with Gasteiger partial charge in [0.05, 0.1) is 17.0 Å². The molecule has 1 amide bonds. The van der Waals surface area contributed by atoms with Crippen LogP contribution in [0, 0.1) is 0 Å². The van der Waals surface area contributed by atoms with Crippen LogP contribution in [0.3, 0.4) is 0 Å². The first-order valence-electron chi connectivity index (χ1n) is 6.07. The minimum atomic E-state index is -2.98. The molecule has 1 aliphatic heterocycles. The van der Waals surface area contributed by atoms with Gasteiger partial charge in [-0.05, 0) is 19.8 Å². The molecule has 0 aromatic carbocycles. The molecule has 0 bridgehead atoms. The van der Waals surface area contributed by atoms with Crippen molar-refractivity contribution in [1.82, 2.24) is 4.90 Å². The summed E-state index contributed by atoms with van der Waals surface area (Å²) in [5.74, 6) is 0.101. The molecule has 1 atom stereocenters. The zero-order valence-electron chi connectivity index (χ0n) is 11.0. The molecule has 18 heavy (non-hydrogen) atoms. The summed E-state index contributed by atoms with van der Waals surface area (Å²) >= 11 is 0. The van der Waals surface area contributed by atoms with Gasteiger partial charge in [0, 0.05) is 13.1 Å². The smallest absolute Gasteiger partial charge is 0.242 e. The van der Waals surface area contributed by atoms with Crippen LogP contribution in [-0.4, -0.2) is 49.4 Å². The maximum Gasteiger partial charge on any atom is 0.242 e. The van der Waals surface area contributed by atoms with E-state index in [9.17, 15) is 13.2 Å². The van der Waals surface area contributed by atoms with E-state index in [1.54, 1.807) is 11.8 Å². The van der Waals surface area contributed by atoms with E-state index in [0.717, 1.165) is 6.42 Å². The molecule has 1 unspecified atom stereocenters. The average molecular weight is 299 g/mol. The average Bonchev–Trinajstić information content (AvgIpc) is 2.38. The maximum atomic E-state index is 12.2. The Hall–Kier alpha value is -0.330. The Morgan fingerprint density at radius 1 is 1.33 bits per heavy atom. The summed E-state index contributed by atoms with van der Waals surface area (Å²) < 4.78 is 22.9. The lowest BCUT2D eigenvalue weighted by Crippen LogP contribution is -2.53. The summed E-state index contributed by atoms with van der Waals surface area (Å²) in [7, 11) is -2.98. The van der Waals surface area contributed by atoms with Gasteiger partial charge >= 0.3 is 0 Å². The Balaban J connectivity index is 0.00000289. The van der Waals surface area contributed by atoms with Crippen molar-refractivity contribution in [1.29, 1.82) is 0 Å². The van der Waals surface area contributed by atoms with Crippen molar-refractivity contribution in [3.63, 3.8) is 0 Å². The summed E-state index contributed by atoms with van der Waals surface area (Å²) in [6.45, 7) is 4.47. The highest BCUT2D eigenvalue weighted by molar-refractivity contribution is 7.91. The van der Waals surface area contributed by atoms with Crippen LogP contribution in [0.1, 0.15) is 33.1 Å². The quantitative estimate of drug-likeness (QED) is 0.826. The Morgan fingerprint density at radius 2 is 1.94 bits per heavy atom. The summed E-state index contributed by atoms with van der Waals surface area (Å²) in [4.78, 5) is 13.8. The van der Waals surface area contributed by atoms with Gasteiger partial charge in [0.25, 0.3) is 0 Å². The van der Waals surface area contributed by atoms with Gasteiger partial charge in [0.15, 0.2) is 9.84 Å². The summed E-state index contributed by atoms with van der Waals surface area (Å²) in [5.41, 5.74) is 5.11. The van der Waals surface area contributed by atoms with E-state index in [0.29, 0.717) is 19.4 Å². The molecule has 1 fully saturated rings. The fourth-order valence-electron chi connectivity index (χ4n) is 2.13. The van der Waals surface area contributed by atoms with E-state index in [1.807, 2.05) is 6.92 Å². The van der Waals surface area contributed by atoms with Crippen LogP contribution < -0.4 is 5.73 Å². The van der Waals surface area contributed by atoms with Crippen molar-refractivity contribution < 1.29 is 13.2 Å². The lowest BCUT2D eigenvalue weighted by atomic mass is 9.95. The van der Waals surface area contributed by atoms with Gasteiger partial charge in [-0.3, -0.25) is 4.79 Å². The van der Waals surface area contributed by atoms with Gasteiger partial charge in [-0.15, -0.1) is 12.4 Å². The van der Waals surface area contributed by atoms with Crippen LogP contribution in [-0.2, 0) is 14.6 Å². The van der Waals surface area contributed by atoms with Crippen molar-refractivity contribution in [3.8, 4) is 0 Å². The van der Waals surface area contributed by atoms with Crippen molar-refractivity contribution in [2.45, 2.75) is 38.6 Å². The van der Waals surface area contributed by atoms with Crippen LogP contribution in [0.15, 0.2) is 0 Å². The van der Waals surface area contributed by atoms with Crippen molar-refractivity contribution in [2.75, 3.05) is 24.6 Å². The van der Waals surface area contributed by atoms with Crippen molar-refractivity contribution >= 4 is 28.2 Å². The van der Waals surface area contributed by atoms with Gasteiger partial charge < -0.3 is 10.6 Å². The summed E-state index contributed by atoms with van der Waals surface area (Å²) in [6.07, 6.45) is 1.97. The highest BCUT2D eigenvalue weighted by Gasteiger charge is 2.33. The van der Waals surface area contributed by atoms with E-state index in [4.69, 9.17) is 5.73 Å². The first-order chi connectivity index (χ1) is 7.78. The SMILES string of the molecule is CCCC(C)(N)C(=O)N1CCCS(=O)(=O)CC1.Cl. The number of nitrogens with two attached hydrogens (primary N) is 1. The van der Waals surface area contributed by atoms with E-state index in [-0.39, 0.29) is 36.4 Å². The molecule has 0 aromatic rings. The fourth-order valence-corrected chi connectivity index (χ4v) is 3.40. The molecule has 1 heterocycles. The zero-order chi connectivity index (χ0) is 13.1. The molecule has 5 nitrogen and oxygen atoms in total. The van der Waals surface area contributed by atoms with E-state index < -0.39 is 15.4 Å². The molecule has 7 heteroatoms. The van der Waals surface area contributed by atoms with Crippen LogP contribution in [0.25, 0.3) is 0 Å². The summed E-state index contributed by atoms with van der Waals surface area (Å²) in [5, 5.41) is 0. The van der Waals surface area contributed by atoms with Gasteiger partial charge in [0.2, 0.25) is 5.91 Å². The Labute approximate surface area is 115 Å². The highest BCUT2D eigenvalue weighted by Crippen LogP contribution is 2.15. The minimum Gasteiger partial charge on any atom is -0.340 e. The Kier molecular flexibility index (Phi) is 6.60. The number of halogens is 1. The Bertz CT molecular complexity index is 382. The maximum absolute atomic E-state index is 12.2. The molecule has 0 radical (unpaired) electrons. The number of nitrogens with zero attached hydrogens (tertiary/aromatic N) is 1. The van der Waals surface area contributed by atoms with Gasteiger partial charge in [-0.2, -0.15) is 0 Å². The lowest BCUT2D eigenvalue weighted by Gasteiger charge is -2.30. The topological polar surface area (TPSA) is 80.5 Å². The number of carbonyl (C=O) groups excluding carboxylic acids is 1. The van der Waals surface area contributed by atoms with Crippen molar-refractivity contribution in [3.05, 3.63) is 0 Å². The van der Waals surface area contributed by atoms with Crippen LogP contribution in [0.2, 0.25) is 0 Å². The van der Waals surface area contributed by atoms with E-state index >= 15 is 0 Å². The number of hydrogen-bond donors (Lipinski definition) is 1. The number of hydrogen-bond acceptors (Lipinski definition) is 4. The second-order valence-electron chi connectivity index (χ2n) is 4.97. The molecule has 1 rings (SSSR count). The number of amides is 1. The standard InChI is InChI=1S/C11H22N2O3S.ClH/c1-3-5-11(2,12)10(14)13-6-4-8-17(15,16)9-7-13;/h3-9,12H2,1-2H3;1H. The van der Waals surface area contributed by atoms with Crippen LogP contribution in [0.5, 0.6) is 0 Å². The van der Waals surface area contributed by atoms with Crippen LogP contribution >= 0.6 is 12.4 Å². The second-order valence-corrected chi connectivity index (χ2v) is 7.27. The molecular weight excluding hydrogens is 276 g/mol. The third kappa shape index (κ3) is 4.74. The molecule has 0 saturated carbocycles. The number of carbonyl (C=O) groups is 1. The molecule has 0 spiro atoms. The number of rotatable bonds is 3. The Morgan fingerprint density at radius 3 is 2.50 bits per heavy atom. The predicted molar refractivity (Wildman–Crippen MR) is 74.6 cm³/mol. The third-order valence-electron chi connectivity index (χ3n) is 3.10. The molecule has 2 N–H and O–H groups in total. The first kappa shape index (κ1) is 17.7. The predicted octanol–water partition coefficient (Wildman–Crippen LogP) is 0.573. The van der Waals surface area contributed by atoms with E-state index in [2.05, 4.69) is 0 Å². The van der Waals surface area contributed by atoms with Gasteiger partial charge in [-0.25, -0.2) is 8.42 Å². The molecule has 1 saturated heterocycles. The molecule has 0 aliphatic carbocycles. The van der Waals surface area contributed by atoms with Crippen LogP contribution in [0.4, 0.5) is 0 Å². The summed E-state index contributed by atoms with van der Waals surface area (Å²) in [6, 6.07) is 0. The van der Waals surface area contributed by atoms with Gasteiger partial charge in [-0.1, -0.05) is 13.3 Å². The molecule has 1 aliphatic rings. The van der Waals surface area contributed by atoms with E-state index in [1.165, 1.54) is 0 Å². The monoisotopic (exact) mass is 298 g/mol. The molecular formula is C11H23ClN2O3S. The zero-order valence-corrected chi connectivity index (χ0v) is 12.6. The largest absolute Gasteiger partial charge is 0.340 e. The lowest BCUT2D eigenvalue weighted by molar-refractivity contribution is -0.136.